The Hall–Kier alpha value is -3.10. The summed E-state index contributed by atoms with van der Waals surface area (Å²) in [6.07, 6.45) is 0. The number of rotatable bonds is 4. The van der Waals surface area contributed by atoms with Gasteiger partial charge in [-0.3, -0.25) is 4.79 Å². The zero-order valence-electron chi connectivity index (χ0n) is 13.0. The molecule has 2 aromatic rings. The molecule has 1 N–H and O–H groups in total. The fourth-order valence-electron chi connectivity index (χ4n) is 1.99. The van der Waals surface area contributed by atoms with E-state index >= 15 is 0 Å². The zero-order valence-corrected chi connectivity index (χ0v) is 13.0. The van der Waals surface area contributed by atoms with Gasteiger partial charge in [0.1, 0.15) is 5.56 Å². The maximum absolute atomic E-state index is 13.9. The molecular formula is C16H11F4NO4. The van der Waals surface area contributed by atoms with E-state index in [4.69, 9.17) is 0 Å². The highest BCUT2D eigenvalue weighted by Gasteiger charge is 2.30. The second kappa shape index (κ2) is 7.20. The summed E-state index contributed by atoms with van der Waals surface area (Å²) >= 11 is 0. The lowest BCUT2D eigenvalue weighted by Gasteiger charge is -2.11. The van der Waals surface area contributed by atoms with Crippen LogP contribution < -0.4 is 10.1 Å². The molecule has 0 spiro atoms. The smallest absolute Gasteiger partial charge is 0.337 e. The maximum atomic E-state index is 13.9. The van der Waals surface area contributed by atoms with Crippen molar-refractivity contribution in [1.29, 1.82) is 0 Å². The highest BCUT2D eigenvalue weighted by atomic mass is 19.2. The largest absolute Gasteiger partial charge is 0.491 e. The predicted octanol–water partition coefficient (Wildman–Crippen LogP) is 3.29. The van der Waals surface area contributed by atoms with Crippen LogP contribution in [0.1, 0.15) is 20.7 Å². The number of ether oxygens (including phenoxy) is 2. The number of carbonyl (C=O) groups excluding carboxylic acids is 2. The van der Waals surface area contributed by atoms with Crippen molar-refractivity contribution < 1.29 is 36.6 Å². The lowest BCUT2D eigenvalue weighted by molar-refractivity contribution is 0.0600. The number of nitrogens with one attached hydrogen (secondary N) is 1. The first-order valence-corrected chi connectivity index (χ1v) is 6.71. The third-order valence-corrected chi connectivity index (χ3v) is 3.22. The molecule has 0 atom stereocenters. The molecular weight excluding hydrogens is 346 g/mol. The Morgan fingerprint density at radius 3 is 1.84 bits per heavy atom. The number of methoxy groups -OCH3 is 2. The molecule has 2 aromatic carbocycles. The molecule has 0 unspecified atom stereocenters. The van der Waals surface area contributed by atoms with E-state index in [0.717, 1.165) is 7.11 Å². The fourth-order valence-corrected chi connectivity index (χ4v) is 1.99. The molecule has 9 heteroatoms. The van der Waals surface area contributed by atoms with Crippen molar-refractivity contribution in [2.24, 2.45) is 0 Å². The van der Waals surface area contributed by atoms with Crippen LogP contribution in [0.2, 0.25) is 0 Å². The van der Waals surface area contributed by atoms with Gasteiger partial charge in [0.15, 0.2) is 17.4 Å². The molecule has 0 aliphatic rings. The lowest BCUT2D eigenvalue weighted by atomic mass is 10.1. The summed E-state index contributed by atoms with van der Waals surface area (Å²) in [4.78, 5) is 23.3. The van der Waals surface area contributed by atoms with E-state index < -0.39 is 46.5 Å². The number of amides is 1. The Bertz CT molecular complexity index is 808. The van der Waals surface area contributed by atoms with Gasteiger partial charge >= 0.3 is 5.97 Å². The standard InChI is InChI=1S/C16H11F4NO4/c1-24-14-12(19)10(17)9(11(18)13(14)20)15(22)21-8-5-3-7(4-6-8)16(23)25-2/h3-6H,1-2H3,(H,21,22). The van der Waals surface area contributed by atoms with Crippen LogP contribution in [-0.4, -0.2) is 26.1 Å². The fraction of sp³-hybridized carbons (Fsp3) is 0.125. The van der Waals surface area contributed by atoms with Gasteiger partial charge in [-0.15, -0.1) is 0 Å². The van der Waals surface area contributed by atoms with E-state index in [9.17, 15) is 27.2 Å². The van der Waals surface area contributed by atoms with Crippen molar-refractivity contribution in [3.8, 4) is 5.75 Å². The average molecular weight is 357 g/mol. The third kappa shape index (κ3) is 3.39. The molecule has 0 aliphatic heterocycles. The van der Waals surface area contributed by atoms with Crippen molar-refractivity contribution in [3.63, 3.8) is 0 Å². The third-order valence-electron chi connectivity index (χ3n) is 3.22. The number of hydrogen-bond donors (Lipinski definition) is 1. The minimum atomic E-state index is -1.89. The van der Waals surface area contributed by atoms with E-state index in [0.29, 0.717) is 0 Å². The SMILES string of the molecule is COC(=O)c1ccc(NC(=O)c2c(F)c(F)c(OC)c(F)c2F)cc1. The quantitative estimate of drug-likeness (QED) is 0.518. The van der Waals surface area contributed by atoms with E-state index in [1.54, 1.807) is 0 Å². The minimum Gasteiger partial charge on any atom is -0.491 e. The minimum absolute atomic E-state index is 0.0353. The first-order valence-electron chi connectivity index (χ1n) is 6.71. The van der Waals surface area contributed by atoms with Gasteiger partial charge in [0.05, 0.1) is 19.8 Å². The summed E-state index contributed by atoms with van der Waals surface area (Å²) in [6, 6.07) is 5.05. The van der Waals surface area contributed by atoms with Crippen LogP contribution in [0.15, 0.2) is 24.3 Å². The molecule has 0 aliphatic carbocycles. The van der Waals surface area contributed by atoms with Crippen molar-refractivity contribution in [2.75, 3.05) is 19.5 Å². The Balaban J connectivity index is 2.34. The first-order chi connectivity index (χ1) is 11.8. The van der Waals surface area contributed by atoms with Gasteiger partial charge < -0.3 is 14.8 Å². The average Bonchev–Trinajstić information content (AvgIpc) is 2.60. The normalized spacial score (nSPS) is 10.3. The predicted molar refractivity (Wildman–Crippen MR) is 78.6 cm³/mol. The van der Waals surface area contributed by atoms with Gasteiger partial charge in [-0.1, -0.05) is 0 Å². The second-order valence-electron chi connectivity index (χ2n) is 4.69. The lowest BCUT2D eigenvalue weighted by Crippen LogP contribution is -2.19. The zero-order chi connectivity index (χ0) is 18.7. The summed E-state index contributed by atoms with van der Waals surface area (Å²) in [5, 5.41) is 2.07. The molecule has 0 saturated heterocycles. The van der Waals surface area contributed by atoms with Crippen molar-refractivity contribution in [1.82, 2.24) is 0 Å². The Morgan fingerprint density at radius 1 is 0.880 bits per heavy atom. The van der Waals surface area contributed by atoms with Crippen LogP contribution in [0.4, 0.5) is 23.2 Å². The van der Waals surface area contributed by atoms with Crippen molar-refractivity contribution in [2.45, 2.75) is 0 Å². The van der Waals surface area contributed by atoms with Gasteiger partial charge in [-0.05, 0) is 24.3 Å². The maximum Gasteiger partial charge on any atom is 0.337 e. The highest BCUT2D eigenvalue weighted by Crippen LogP contribution is 2.30. The van der Waals surface area contributed by atoms with Crippen LogP contribution in [-0.2, 0) is 4.74 Å². The molecule has 0 bridgehead atoms. The molecule has 25 heavy (non-hydrogen) atoms. The van der Waals surface area contributed by atoms with Crippen molar-refractivity contribution in [3.05, 3.63) is 58.7 Å². The molecule has 0 aromatic heterocycles. The molecule has 0 saturated carbocycles. The summed E-state index contributed by atoms with van der Waals surface area (Å²) in [5.74, 6) is -10.7. The summed E-state index contributed by atoms with van der Waals surface area (Å²) in [7, 11) is 2.00. The highest BCUT2D eigenvalue weighted by molar-refractivity contribution is 6.05. The number of benzene rings is 2. The van der Waals surface area contributed by atoms with Crippen molar-refractivity contribution >= 4 is 17.6 Å². The molecule has 0 heterocycles. The van der Waals surface area contributed by atoms with E-state index in [2.05, 4.69) is 14.8 Å². The molecule has 0 radical (unpaired) electrons. The number of anilines is 1. The van der Waals surface area contributed by atoms with Gasteiger partial charge in [0.25, 0.3) is 5.91 Å². The first kappa shape index (κ1) is 18.2. The van der Waals surface area contributed by atoms with Crippen LogP contribution in [0.25, 0.3) is 0 Å². The van der Waals surface area contributed by atoms with E-state index in [1.165, 1.54) is 31.4 Å². The molecule has 0 fully saturated rings. The van der Waals surface area contributed by atoms with Gasteiger partial charge in [0.2, 0.25) is 11.6 Å². The summed E-state index contributed by atoms with van der Waals surface area (Å²) < 4.78 is 63.8. The number of hydrogen-bond acceptors (Lipinski definition) is 4. The summed E-state index contributed by atoms with van der Waals surface area (Å²) in [6.45, 7) is 0. The van der Waals surface area contributed by atoms with Crippen LogP contribution in [0, 0.1) is 23.3 Å². The van der Waals surface area contributed by atoms with Crippen LogP contribution in [0.5, 0.6) is 5.75 Å². The summed E-state index contributed by atoms with van der Waals surface area (Å²) in [5.41, 5.74) is -1.24. The van der Waals surface area contributed by atoms with E-state index in [1.807, 2.05) is 0 Å². The molecule has 5 nitrogen and oxygen atoms in total. The molecule has 1 amide bonds. The number of carbonyl (C=O) groups is 2. The Labute approximate surface area is 139 Å². The van der Waals surface area contributed by atoms with E-state index in [-0.39, 0.29) is 11.3 Å². The molecule has 132 valence electrons. The van der Waals surface area contributed by atoms with Crippen LogP contribution in [0.3, 0.4) is 0 Å². The molecule has 2 rings (SSSR count). The van der Waals surface area contributed by atoms with Gasteiger partial charge in [-0.25, -0.2) is 13.6 Å². The monoisotopic (exact) mass is 357 g/mol. The Morgan fingerprint density at radius 2 is 1.40 bits per heavy atom. The topological polar surface area (TPSA) is 64.6 Å². The van der Waals surface area contributed by atoms with Gasteiger partial charge in [-0.2, -0.15) is 8.78 Å². The Kier molecular flexibility index (Phi) is 5.26. The number of esters is 1. The van der Waals surface area contributed by atoms with Gasteiger partial charge in [0, 0.05) is 5.69 Å². The number of halogens is 4. The van der Waals surface area contributed by atoms with Crippen LogP contribution >= 0.6 is 0 Å². The second-order valence-corrected chi connectivity index (χ2v) is 4.69.